The van der Waals surface area contributed by atoms with Crippen molar-refractivity contribution in [2.75, 3.05) is 10.6 Å². The van der Waals surface area contributed by atoms with Crippen molar-refractivity contribution in [1.29, 1.82) is 0 Å². The Balaban J connectivity index is 2.14. The number of hydrogen-bond donors (Lipinski definition) is 3. The van der Waals surface area contributed by atoms with Crippen LogP contribution in [0.15, 0.2) is 18.2 Å². The summed E-state index contributed by atoms with van der Waals surface area (Å²) in [6, 6.07) is 4.94. The van der Waals surface area contributed by atoms with Gasteiger partial charge in [0.25, 0.3) is 0 Å². The molecule has 0 bridgehead atoms. The van der Waals surface area contributed by atoms with Crippen LogP contribution in [0.4, 0.5) is 11.4 Å². The van der Waals surface area contributed by atoms with E-state index in [1.54, 1.807) is 18.2 Å². The van der Waals surface area contributed by atoms with E-state index in [1.165, 1.54) is 6.92 Å². The van der Waals surface area contributed by atoms with Crippen LogP contribution in [0.3, 0.4) is 0 Å². The molecule has 6 heteroatoms. The minimum atomic E-state index is -0.828. The average Bonchev–Trinajstić information content (AvgIpc) is 2.42. The van der Waals surface area contributed by atoms with Crippen molar-refractivity contribution in [3.05, 3.63) is 23.2 Å². The van der Waals surface area contributed by atoms with Crippen molar-refractivity contribution in [1.82, 2.24) is 0 Å². The standard InChI is InChI=1S/C15H20ClN3O2/c1-10(20)18-11-5-6-12(16)13(9-11)19-14(21)15(17)7-3-2-4-8-15/h5-6,9H,2-4,7-8,17H2,1H3,(H,18,20)(H,19,21). The van der Waals surface area contributed by atoms with Gasteiger partial charge in [0, 0.05) is 12.6 Å². The lowest BCUT2D eigenvalue weighted by Gasteiger charge is -2.31. The molecule has 0 spiro atoms. The van der Waals surface area contributed by atoms with Crippen LogP contribution in [0.2, 0.25) is 5.02 Å². The number of rotatable bonds is 3. The van der Waals surface area contributed by atoms with E-state index in [9.17, 15) is 9.59 Å². The first kappa shape index (κ1) is 15.8. The molecule has 1 saturated carbocycles. The number of carbonyl (C=O) groups excluding carboxylic acids is 2. The molecule has 0 saturated heterocycles. The van der Waals surface area contributed by atoms with E-state index in [4.69, 9.17) is 17.3 Å². The molecule has 114 valence electrons. The van der Waals surface area contributed by atoms with Gasteiger partial charge < -0.3 is 16.4 Å². The largest absolute Gasteiger partial charge is 0.326 e. The van der Waals surface area contributed by atoms with Crippen LogP contribution < -0.4 is 16.4 Å². The topological polar surface area (TPSA) is 84.2 Å². The van der Waals surface area contributed by atoms with E-state index < -0.39 is 5.54 Å². The van der Waals surface area contributed by atoms with E-state index in [1.807, 2.05) is 0 Å². The third kappa shape index (κ3) is 3.95. The molecule has 1 aliphatic rings. The number of halogens is 1. The van der Waals surface area contributed by atoms with Gasteiger partial charge in [-0.1, -0.05) is 30.9 Å². The van der Waals surface area contributed by atoms with E-state index in [0.29, 0.717) is 29.2 Å². The lowest BCUT2D eigenvalue weighted by molar-refractivity contribution is -0.122. The van der Waals surface area contributed by atoms with Crippen LogP contribution in [0.5, 0.6) is 0 Å². The summed E-state index contributed by atoms with van der Waals surface area (Å²) < 4.78 is 0. The molecule has 1 aromatic carbocycles. The minimum Gasteiger partial charge on any atom is -0.326 e. The molecule has 0 radical (unpaired) electrons. The van der Waals surface area contributed by atoms with E-state index in [2.05, 4.69) is 10.6 Å². The first-order chi connectivity index (χ1) is 9.90. The molecule has 21 heavy (non-hydrogen) atoms. The van der Waals surface area contributed by atoms with Crippen LogP contribution in [-0.2, 0) is 9.59 Å². The zero-order valence-electron chi connectivity index (χ0n) is 12.0. The molecule has 1 aliphatic carbocycles. The minimum absolute atomic E-state index is 0.183. The second-order valence-electron chi connectivity index (χ2n) is 5.55. The fourth-order valence-corrected chi connectivity index (χ4v) is 2.72. The average molecular weight is 310 g/mol. The molecular weight excluding hydrogens is 290 g/mol. The molecule has 1 fully saturated rings. The van der Waals surface area contributed by atoms with Gasteiger partial charge in [-0.2, -0.15) is 0 Å². The molecule has 0 atom stereocenters. The lowest BCUT2D eigenvalue weighted by Crippen LogP contribution is -2.52. The van der Waals surface area contributed by atoms with Crippen LogP contribution in [-0.4, -0.2) is 17.4 Å². The van der Waals surface area contributed by atoms with Crippen LogP contribution in [0.1, 0.15) is 39.0 Å². The van der Waals surface area contributed by atoms with Crippen LogP contribution >= 0.6 is 11.6 Å². The normalized spacial score (nSPS) is 17.1. The van der Waals surface area contributed by atoms with E-state index in [-0.39, 0.29) is 11.8 Å². The number of benzene rings is 1. The Hall–Kier alpha value is -1.59. The summed E-state index contributed by atoms with van der Waals surface area (Å²) in [5.74, 6) is -0.402. The Morgan fingerprint density at radius 1 is 1.19 bits per heavy atom. The molecule has 0 unspecified atom stereocenters. The maximum atomic E-state index is 12.4. The summed E-state index contributed by atoms with van der Waals surface area (Å²) in [5.41, 5.74) is 6.41. The van der Waals surface area contributed by atoms with Crippen LogP contribution in [0, 0.1) is 0 Å². The summed E-state index contributed by atoms with van der Waals surface area (Å²) in [6.45, 7) is 1.42. The molecule has 4 N–H and O–H groups in total. The highest BCUT2D eigenvalue weighted by molar-refractivity contribution is 6.34. The van der Waals surface area contributed by atoms with Gasteiger partial charge in [0.2, 0.25) is 11.8 Å². The summed E-state index contributed by atoms with van der Waals surface area (Å²) in [7, 11) is 0. The summed E-state index contributed by atoms with van der Waals surface area (Å²) in [4.78, 5) is 23.5. The Morgan fingerprint density at radius 2 is 1.86 bits per heavy atom. The van der Waals surface area contributed by atoms with Crippen molar-refractivity contribution in [2.45, 2.75) is 44.6 Å². The van der Waals surface area contributed by atoms with Crippen molar-refractivity contribution >= 4 is 34.8 Å². The zero-order valence-corrected chi connectivity index (χ0v) is 12.8. The number of nitrogens with two attached hydrogens (primary N) is 1. The second kappa shape index (κ2) is 6.45. The first-order valence-corrected chi connectivity index (χ1v) is 7.46. The highest BCUT2D eigenvalue weighted by Crippen LogP contribution is 2.30. The molecule has 5 nitrogen and oxygen atoms in total. The third-order valence-corrected chi connectivity index (χ3v) is 4.06. The Morgan fingerprint density at radius 3 is 2.48 bits per heavy atom. The lowest BCUT2D eigenvalue weighted by atomic mass is 9.82. The zero-order chi connectivity index (χ0) is 15.5. The molecule has 1 aromatic rings. The third-order valence-electron chi connectivity index (χ3n) is 3.73. The predicted molar refractivity (Wildman–Crippen MR) is 84.4 cm³/mol. The number of nitrogens with one attached hydrogen (secondary N) is 2. The molecule has 2 amide bonds. The van der Waals surface area contributed by atoms with Gasteiger partial charge in [-0.05, 0) is 31.0 Å². The number of anilines is 2. The van der Waals surface area contributed by atoms with Crippen LogP contribution in [0.25, 0.3) is 0 Å². The molecular formula is C15H20ClN3O2. The summed E-state index contributed by atoms with van der Waals surface area (Å²) >= 11 is 6.09. The quantitative estimate of drug-likeness (QED) is 0.802. The van der Waals surface area contributed by atoms with Crippen molar-refractivity contribution in [3.63, 3.8) is 0 Å². The fourth-order valence-electron chi connectivity index (χ4n) is 2.56. The fraction of sp³-hybridized carbons (Fsp3) is 0.467. The van der Waals surface area contributed by atoms with Crippen molar-refractivity contribution in [3.8, 4) is 0 Å². The van der Waals surface area contributed by atoms with Gasteiger partial charge in [-0.25, -0.2) is 0 Å². The number of amides is 2. The monoisotopic (exact) mass is 309 g/mol. The number of carbonyl (C=O) groups is 2. The Bertz CT molecular complexity index is 554. The first-order valence-electron chi connectivity index (χ1n) is 7.08. The van der Waals surface area contributed by atoms with Gasteiger partial charge in [-0.3, -0.25) is 9.59 Å². The van der Waals surface area contributed by atoms with Crippen molar-refractivity contribution in [2.24, 2.45) is 5.73 Å². The smallest absolute Gasteiger partial charge is 0.244 e. The molecule has 0 aliphatic heterocycles. The SMILES string of the molecule is CC(=O)Nc1ccc(Cl)c(NC(=O)C2(N)CCCCC2)c1. The van der Waals surface area contributed by atoms with Gasteiger partial charge in [0.1, 0.15) is 0 Å². The maximum absolute atomic E-state index is 12.4. The highest BCUT2D eigenvalue weighted by atomic mass is 35.5. The Kier molecular flexibility index (Phi) is 4.85. The number of hydrogen-bond acceptors (Lipinski definition) is 3. The predicted octanol–water partition coefficient (Wildman–Crippen LogP) is 2.90. The van der Waals surface area contributed by atoms with Gasteiger partial charge >= 0.3 is 0 Å². The highest BCUT2D eigenvalue weighted by Gasteiger charge is 2.35. The summed E-state index contributed by atoms with van der Waals surface area (Å²) in [5, 5.41) is 5.86. The summed E-state index contributed by atoms with van der Waals surface area (Å²) in [6.07, 6.45) is 4.40. The van der Waals surface area contributed by atoms with E-state index >= 15 is 0 Å². The molecule has 0 heterocycles. The molecule has 0 aromatic heterocycles. The van der Waals surface area contributed by atoms with Crippen molar-refractivity contribution < 1.29 is 9.59 Å². The Labute approximate surface area is 129 Å². The maximum Gasteiger partial charge on any atom is 0.244 e. The van der Waals surface area contributed by atoms with Gasteiger partial charge in [0.05, 0.1) is 16.2 Å². The van der Waals surface area contributed by atoms with E-state index in [0.717, 1.165) is 19.3 Å². The van der Waals surface area contributed by atoms with Gasteiger partial charge in [-0.15, -0.1) is 0 Å². The molecule has 2 rings (SSSR count). The van der Waals surface area contributed by atoms with Gasteiger partial charge in [0.15, 0.2) is 0 Å². The second-order valence-corrected chi connectivity index (χ2v) is 5.95.